The Bertz CT molecular complexity index is 891. The number of rotatable bonds is 6. The number of amides is 1. The normalized spacial score (nSPS) is 18.8. The third-order valence-electron chi connectivity index (χ3n) is 4.57. The molecule has 1 heterocycles. The van der Waals surface area contributed by atoms with Gasteiger partial charge in [0.1, 0.15) is 5.75 Å². The standard InChI is InChI=1S/C21H23ClN2O4S/c1-13(25)28-19-20(14-4-7-16(27-3)8-5-14)29-18-12-15(22)6-9-17(18)24(21(19)26)11-10-23-2/h4-9,12,19-20,23H,10-11H2,1-3H3. The van der Waals surface area contributed by atoms with E-state index >= 15 is 0 Å². The SMILES string of the molecule is CNCCN1C(=O)C(OC(C)=O)C(c2ccc(OC)cc2)Sc2cc(Cl)ccc21. The molecule has 2 aromatic rings. The molecule has 0 saturated carbocycles. The van der Waals surface area contributed by atoms with Gasteiger partial charge in [0.25, 0.3) is 5.91 Å². The second kappa shape index (κ2) is 9.52. The second-order valence-electron chi connectivity index (χ2n) is 6.55. The quantitative estimate of drug-likeness (QED) is 0.699. The first-order chi connectivity index (χ1) is 13.9. The molecule has 0 saturated heterocycles. The lowest BCUT2D eigenvalue weighted by Gasteiger charge is -2.27. The number of methoxy groups -OCH3 is 1. The highest BCUT2D eigenvalue weighted by molar-refractivity contribution is 7.99. The first-order valence-electron chi connectivity index (χ1n) is 9.18. The first kappa shape index (κ1) is 21.5. The van der Waals surface area contributed by atoms with Crippen LogP contribution >= 0.6 is 23.4 Å². The first-order valence-corrected chi connectivity index (χ1v) is 10.4. The van der Waals surface area contributed by atoms with Crippen LogP contribution in [-0.4, -0.2) is 45.2 Å². The van der Waals surface area contributed by atoms with Crippen LogP contribution in [0, 0.1) is 0 Å². The second-order valence-corrected chi connectivity index (χ2v) is 8.17. The molecule has 0 aromatic heterocycles. The van der Waals surface area contributed by atoms with Gasteiger partial charge in [0.2, 0.25) is 0 Å². The molecule has 1 aliphatic heterocycles. The summed E-state index contributed by atoms with van der Waals surface area (Å²) in [5.74, 6) is -0.0494. The molecule has 2 aromatic carbocycles. The zero-order chi connectivity index (χ0) is 21.0. The Kier molecular flexibility index (Phi) is 7.05. The highest BCUT2D eigenvalue weighted by Crippen LogP contribution is 2.47. The van der Waals surface area contributed by atoms with E-state index < -0.39 is 17.3 Å². The van der Waals surface area contributed by atoms with E-state index in [-0.39, 0.29) is 5.91 Å². The van der Waals surface area contributed by atoms with Crippen LogP contribution in [0.5, 0.6) is 5.75 Å². The number of hydrogen-bond acceptors (Lipinski definition) is 6. The predicted molar refractivity (Wildman–Crippen MR) is 115 cm³/mol. The molecular formula is C21H23ClN2O4S. The van der Waals surface area contributed by atoms with E-state index in [2.05, 4.69) is 5.32 Å². The lowest BCUT2D eigenvalue weighted by molar-refractivity contribution is -0.152. The van der Waals surface area contributed by atoms with Crippen molar-refractivity contribution in [1.29, 1.82) is 0 Å². The van der Waals surface area contributed by atoms with E-state index in [1.165, 1.54) is 18.7 Å². The van der Waals surface area contributed by atoms with E-state index in [0.29, 0.717) is 23.9 Å². The summed E-state index contributed by atoms with van der Waals surface area (Å²) in [5, 5.41) is 3.22. The van der Waals surface area contributed by atoms with Crippen LogP contribution in [0.25, 0.3) is 0 Å². The van der Waals surface area contributed by atoms with E-state index in [1.807, 2.05) is 43.4 Å². The summed E-state index contributed by atoms with van der Waals surface area (Å²) >= 11 is 7.71. The molecule has 1 amide bonds. The van der Waals surface area contributed by atoms with Gasteiger partial charge in [-0.15, -0.1) is 11.8 Å². The molecule has 3 rings (SSSR count). The molecule has 0 radical (unpaired) electrons. The summed E-state index contributed by atoms with van der Waals surface area (Å²) in [6.07, 6.45) is -0.964. The molecule has 29 heavy (non-hydrogen) atoms. The van der Waals surface area contributed by atoms with Crippen molar-refractivity contribution in [1.82, 2.24) is 5.32 Å². The van der Waals surface area contributed by atoms with Gasteiger partial charge in [-0.2, -0.15) is 0 Å². The number of nitrogens with one attached hydrogen (secondary N) is 1. The van der Waals surface area contributed by atoms with Crippen LogP contribution < -0.4 is 15.0 Å². The number of fused-ring (bicyclic) bond motifs is 1. The third kappa shape index (κ3) is 4.86. The highest BCUT2D eigenvalue weighted by atomic mass is 35.5. The van der Waals surface area contributed by atoms with Crippen LogP contribution in [0.4, 0.5) is 5.69 Å². The average Bonchev–Trinajstić information content (AvgIpc) is 2.81. The van der Waals surface area contributed by atoms with Crippen molar-refractivity contribution < 1.29 is 19.1 Å². The average molecular weight is 435 g/mol. The number of thioether (sulfide) groups is 1. The molecule has 0 bridgehead atoms. The van der Waals surface area contributed by atoms with Crippen molar-refractivity contribution in [2.75, 3.05) is 32.1 Å². The van der Waals surface area contributed by atoms with E-state index in [0.717, 1.165) is 16.1 Å². The highest BCUT2D eigenvalue weighted by Gasteiger charge is 2.40. The molecule has 8 heteroatoms. The van der Waals surface area contributed by atoms with Crippen molar-refractivity contribution in [3.63, 3.8) is 0 Å². The lowest BCUT2D eigenvalue weighted by atomic mass is 10.1. The van der Waals surface area contributed by atoms with Crippen molar-refractivity contribution in [3.05, 3.63) is 53.1 Å². The molecule has 0 aliphatic carbocycles. The fourth-order valence-electron chi connectivity index (χ4n) is 3.19. The van der Waals surface area contributed by atoms with Gasteiger partial charge in [-0.3, -0.25) is 9.59 Å². The number of esters is 1. The van der Waals surface area contributed by atoms with Gasteiger partial charge < -0.3 is 19.7 Å². The number of nitrogens with zero attached hydrogens (tertiary/aromatic N) is 1. The number of benzene rings is 2. The molecule has 0 spiro atoms. The zero-order valence-electron chi connectivity index (χ0n) is 16.5. The maximum Gasteiger partial charge on any atom is 0.303 e. The Balaban J connectivity index is 2.10. The molecular weight excluding hydrogens is 412 g/mol. The summed E-state index contributed by atoms with van der Waals surface area (Å²) < 4.78 is 10.8. The van der Waals surface area contributed by atoms with Gasteiger partial charge in [0.05, 0.1) is 18.0 Å². The van der Waals surface area contributed by atoms with Gasteiger partial charge in [-0.05, 0) is 42.9 Å². The molecule has 2 atom stereocenters. The Morgan fingerprint density at radius 1 is 1.24 bits per heavy atom. The van der Waals surface area contributed by atoms with Crippen LogP contribution in [-0.2, 0) is 14.3 Å². The largest absolute Gasteiger partial charge is 0.497 e. The summed E-state index contributed by atoms with van der Waals surface area (Å²) in [5.41, 5.74) is 1.62. The number of anilines is 1. The maximum absolute atomic E-state index is 13.5. The number of ether oxygens (including phenoxy) is 2. The summed E-state index contributed by atoms with van der Waals surface area (Å²) in [6, 6.07) is 12.9. The molecule has 6 nitrogen and oxygen atoms in total. The minimum Gasteiger partial charge on any atom is -0.497 e. The molecule has 0 fully saturated rings. The molecule has 2 unspecified atom stereocenters. The summed E-state index contributed by atoms with van der Waals surface area (Å²) in [7, 11) is 3.42. The predicted octanol–water partition coefficient (Wildman–Crippen LogP) is 3.68. The number of carbonyl (C=O) groups excluding carboxylic acids is 2. The minimum atomic E-state index is -0.964. The Hall–Kier alpha value is -2.22. The van der Waals surface area contributed by atoms with E-state index in [1.54, 1.807) is 18.1 Å². The molecule has 1 aliphatic rings. The van der Waals surface area contributed by atoms with Crippen molar-refractivity contribution in [2.45, 2.75) is 23.2 Å². The summed E-state index contributed by atoms with van der Waals surface area (Å²) in [4.78, 5) is 27.8. The summed E-state index contributed by atoms with van der Waals surface area (Å²) in [6.45, 7) is 2.35. The van der Waals surface area contributed by atoms with Gasteiger partial charge in [-0.25, -0.2) is 0 Å². The number of halogens is 1. The van der Waals surface area contributed by atoms with Crippen molar-refractivity contribution in [3.8, 4) is 5.75 Å². The lowest BCUT2D eigenvalue weighted by Crippen LogP contribution is -2.45. The Labute approximate surface area is 179 Å². The monoisotopic (exact) mass is 434 g/mol. The maximum atomic E-state index is 13.5. The van der Waals surface area contributed by atoms with Crippen molar-refractivity contribution in [2.24, 2.45) is 0 Å². The van der Waals surface area contributed by atoms with Crippen LogP contribution in [0.15, 0.2) is 47.4 Å². The minimum absolute atomic E-state index is 0.259. The Morgan fingerprint density at radius 3 is 2.59 bits per heavy atom. The number of carbonyl (C=O) groups is 2. The van der Waals surface area contributed by atoms with Gasteiger partial charge >= 0.3 is 5.97 Å². The smallest absolute Gasteiger partial charge is 0.303 e. The zero-order valence-corrected chi connectivity index (χ0v) is 18.0. The van der Waals surface area contributed by atoms with Gasteiger partial charge in [0.15, 0.2) is 6.10 Å². The Morgan fingerprint density at radius 2 is 1.97 bits per heavy atom. The van der Waals surface area contributed by atoms with Gasteiger partial charge in [0, 0.05) is 29.9 Å². The van der Waals surface area contributed by atoms with E-state index in [9.17, 15) is 9.59 Å². The fraction of sp³-hybridized carbons (Fsp3) is 0.333. The molecule has 1 N–H and O–H groups in total. The topological polar surface area (TPSA) is 67.9 Å². The van der Waals surface area contributed by atoms with Crippen LogP contribution in [0.3, 0.4) is 0 Å². The van der Waals surface area contributed by atoms with Crippen molar-refractivity contribution >= 4 is 40.9 Å². The number of hydrogen-bond donors (Lipinski definition) is 1. The number of likely N-dealkylation sites (N-methyl/N-ethyl adjacent to an activating group) is 1. The van der Waals surface area contributed by atoms with E-state index in [4.69, 9.17) is 21.1 Å². The van der Waals surface area contributed by atoms with Crippen LogP contribution in [0.2, 0.25) is 5.02 Å². The molecule has 154 valence electrons. The fourth-order valence-corrected chi connectivity index (χ4v) is 4.78. The van der Waals surface area contributed by atoms with Gasteiger partial charge in [-0.1, -0.05) is 23.7 Å². The van der Waals surface area contributed by atoms with Crippen LogP contribution in [0.1, 0.15) is 17.7 Å². The third-order valence-corrected chi connectivity index (χ3v) is 6.16.